The summed E-state index contributed by atoms with van der Waals surface area (Å²) in [6.45, 7) is 5.73. The summed E-state index contributed by atoms with van der Waals surface area (Å²) in [5.41, 5.74) is 0. The van der Waals surface area contributed by atoms with E-state index in [2.05, 4.69) is 17.1 Å². The van der Waals surface area contributed by atoms with E-state index in [9.17, 15) is 5.11 Å². The smallest absolute Gasteiger partial charge is 0.0710 e. The van der Waals surface area contributed by atoms with Crippen LogP contribution in [0.15, 0.2) is 0 Å². The van der Waals surface area contributed by atoms with E-state index in [0.29, 0.717) is 12.1 Å². The zero-order valence-corrected chi connectivity index (χ0v) is 12.6. The van der Waals surface area contributed by atoms with Gasteiger partial charge in [0.05, 0.1) is 6.10 Å². The van der Waals surface area contributed by atoms with Crippen molar-refractivity contribution in [3.8, 4) is 0 Å². The molecule has 0 amide bonds. The normalized spacial score (nSPS) is 31.6. The Morgan fingerprint density at radius 2 is 1.95 bits per heavy atom. The van der Waals surface area contributed by atoms with E-state index in [0.717, 1.165) is 19.5 Å². The van der Waals surface area contributed by atoms with E-state index in [-0.39, 0.29) is 6.10 Å². The molecule has 3 heteroatoms. The Balaban J connectivity index is 1.54. The van der Waals surface area contributed by atoms with Crippen LogP contribution < -0.4 is 5.32 Å². The van der Waals surface area contributed by atoms with Crippen LogP contribution in [0, 0.1) is 0 Å². The molecule has 2 heterocycles. The summed E-state index contributed by atoms with van der Waals surface area (Å²) >= 11 is 0. The first-order valence-corrected chi connectivity index (χ1v) is 8.46. The summed E-state index contributed by atoms with van der Waals surface area (Å²) in [6.07, 6.45) is 11.5. The molecule has 2 fully saturated rings. The standard InChI is InChI=1S/C16H32N2O/c1-2-3-4-5-6-7-10-17-14-12-16(19)15-9-8-11-18(15)13-14/h14-17,19H,2-13H2,1H3/t14-,15?,16+/m1/s1. The molecule has 0 spiro atoms. The number of aliphatic hydroxyl groups excluding tert-OH is 1. The number of hydrogen-bond donors (Lipinski definition) is 2. The molecule has 2 N–H and O–H groups in total. The van der Waals surface area contributed by atoms with Crippen molar-refractivity contribution in [2.45, 2.75) is 82.9 Å². The molecular weight excluding hydrogens is 236 g/mol. The van der Waals surface area contributed by atoms with E-state index < -0.39 is 0 Å². The van der Waals surface area contributed by atoms with Crippen LogP contribution in [-0.2, 0) is 0 Å². The van der Waals surface area contributed by atoms with Gasteiger partial charge in [-0.3, -0.25) is 4.90 Å². The van der Waals surface area contributed by atoms with Crippen LogP contribution in [0.1, 0.15) is 64.7 Å². The summed E-state index contributed by atoms with van der Waals surface area (Å²) < 4.78 is 0. The Morgan fingerprint density at radius 3 is 2.79 bits per heavy atom. The van der Waals surface area contributed by atoms with E-state index >= 15 is 0 Å². The number of rotatable bonds is 8. The van der Waals surface area contributed by atoms with Crippen LogP contribution in [0.2, 0.25) is 0 Å². The molecule has 1 unspecified atom stereocenters. The van der Waals surface area contributed by atoms with Crippen molar-refractivity contribution >= 4 is 0 Å². The molecule has 19 heavy (non-hydrogen) atoms. The second-order valence-electron chi connectivity index (χ2n) is 6.43. The first-order chi connectivity index (χ1) is 9.31. The first kappa shape index (κ1) is 15.3. The maximum Gasteiger partial charge on any atom is 0.0710 e. The monoisotopic (exact) mass is 268 g/mol. The van der Waals surface area contributed by atoms with E-state index in [1.807, 2.05) is 0 Å². The molecule has 2 rings (SSSR count). The fraction of sp³-hybridized carbons (Fsp3) is 1.00. The summed E-state index contributed by atoms with van der Waals surface area (Å²) in [6, 6.07) is 0.979. The molecule has 2 aliphatic heterocycles. The van der Waals surface area contributed by atoms with Gasteiger partial charge in [0, 0.05) is 18.6 Å². The van der Waals surface area contributed by atoms with Crippen LogP contribution in [-0.4, -0.2) is 47.8 Å². The van der Waals surface area contributed by atoms with Gasteiger partial charge in [-0.25, -0.2) is 0 Å². The van der Waals surface area contributed by atoms with Crippen LogP contribution >= 0.6 is 0 Å². The number of hydrogen-bond acceptors (Lipinski definition) is 3. The summed E-state index contributed by atoms with van der Waals surface area (Å²) in [7, 11) is 0. The minimum atomic E-state index is -0.0988. The van der Waals surface area contributed by atoms with Gasteiger partial charge in [0.25, 0.3) is 0 Å². The quantitative estimate of drug-likeness (QED) is 0.664. The highest BCUT2D eigenvalue weighted by Gasteiger charge is 2.37. The highest BCUT2D eigenvalue weighted by atomic mass is 16.3. The molecule has 112 valence electrons. The molecule has 0 aromatic carbocycles. The zero-order chi connectivity index (χ0) is 13.5. The molecule has 0 aliphatic carbocycles. The second kappa shape index (κ2) is 8.23. The van der Waals surface area contributed by atoms with Gasteiger partial charge >= 0.3 is 0 Å². The molecule has 0 aromatic rings. The van der Waals surface area contributed by atoms with E-state index in [4.69, 9.17) is 0 Å². The largest absolute Gasteiger partial charge is 0.391 e. The summed E-state index contributed by atoms with van der Waals surface area (Å²) in [5.74, 6) is 0. The molecule has 2 aliphatic rings. The number of fused-ring (bicyclic) bond motifs is 1. The number of piperidine rings is 1. The lowest BCUT2D eigenvalue weighted by atomic mass is 9.95. The zero-order valence-electron chi connectivity index (χ0n) is 12.6. The third-order valence-electron chi connectivity index (χ3n) is 4.80. The third kappa shape index (κ3) is 4.73. The van der Waals surface area contributed by atoms with Crippen molar-refractivity contribution in [3.05, 3.63) is 0 Å². The number of aliphatic hydroxyl groups is 1. The highest BCUT2D eigenvalue weighted by molar-refractivity contribution is 4.94. The average Bonchev–Trinajstić information content (AvgIpc) is 2.86. The Kier molecular flexibility index (Phi) is 6.62. The Morgan fingerprint density at radius 1 is 1.16 bits per heavy atom. The number of nitrogens with zero attached hydrogens (tertiary/aromatic N) is 1. The van der Waals surface area contributed by atoms with Crippen molar-refractivity contribution in [3.63, 3.8) is 0 Å². The fourth-order valence-electron chi connectivity index (χ4n) is 3.68. The van der Waals surface area contributed by atoms with Gasteiger partial charge in [0.15, 0.2) is 0 Å². The van der Waals surface area contributed by atoms with Gasteiger partial charge in [0.1, 0.15) is 0 Å². The Labute approximate surface area is 118 Å². The average molecular weight is 268 g/mol. The number of nitrogens with one attached hydrogen (secondary N) is 1. The Bertz CT molecular complexity index is 247. The van der Waals surface area contributed by atoms with Crippen molar-refractivity contribution in [2.75, 3.05) is 19.6 Å². The lowest BCUT2D eigenvalue weighted by molar-refractivity contribution is 0.0180. The van der Waals surface area contributed by atoms with Crippen LogP contribution in [0.5, 0.6) is 0 Å². The molecule has 0 aromatic heterocycles. The van der Waals surface area contributed by atoms with E-state index in [1.54, 1.807) is 0 Å². The van der Waals surface area contributed by atoms with Crippen molar-refractivity contribution in [1.82, 2.24) is 10.2 Å². The molecule has 3 nitrogen and oxygen atoms in total. The van der Waals surface area contributed by atoms with Crippen LogP contribution in [0.25, 0.3) is 0 Å². The number of unbranched alkanes of at least 4 members (excludes halogenated alkanes) is 5. The predicted molar refractivity (Wildman–Crippen MR) is 80.4 cm³/mol. The minimum absolute atomic E-state index is 0.0988. The highest BCUT2D eigenvalue weighted by Crippen LogP contribution is 2.27. The molecular formula is C16H32N2O. The van der Waals surface area contributed by atoms with Crippen molar-refractivity contribution in [1.29, 1.82) is 0 Å². The molecule has 0 saturated carbocycles. The summed E-state index contributed by atoms with van der Waals surface area (Å²) in [5, 5.41) is 13.8. The maximum absolute atomic E-state index is 10.2. The minimum Gasteiger partial charge on any atom is -0.391 e. The van der Waals surface area contributed by atoms with Gasteiger partial charge < -0.3 is 10.4 Å². The molecule has 0 bridgehead atoms. The summed E-state index contributed by atoms with van der Waals surface area (Å²) in [4.78, 5) is 2.49. The molecule has 2 saturated heterocycles. The van der Waals surface area contributed by atoms with E-state index in [1.165, 1.54) is 57.9 Å². The topological polar surface area (TPSA) is 35.5 Å². The Hall–Kier alpha value is -0.120. The lowest BCUT2D eigenvalue weighted by Crippen LogP contribution is -2.54. The predicted octanol–water partition coefficient (Wildman–Crippen LogP) is 2.53. The third-order valence-corrected chi connectivity index (χ3v) is 4.80. The van der Waals surface area contributed by atoms with Gasteiger partial charge in [-0.2, -0.15) is 0 Å². The van der Waals surface area contributed by atoms with Gasteiger partial charge in [-0.1, -0.05) is 39.0 Å². The molecule has 3 atom stereocenters. The van der Waals surface area contributed by atoms with Crippen molar-refractivity contribution < 1.29 is 5.11 Å². The molecule has 0 radical (unpaired) electrons. The maximum atomic E-state index is 10.2. The lowest BCUT2D eigenvalue weighted by Gasteiger charge is -2.39. The van der Waals surface area contributed by atoms with Gasteiger partial charge in [0.2, 0.25) is 0 Å². The SMILES string of the molecule is CCCCCCCCN[C@@H]1C[C@H](O)C2CCCN2C1. The van der Waals surface area contributed by atoms with Gasteiger partial charge in [-0.15, -0.1) is 0 Å². The van der Waals surface area contributed by atoms with Crippen LogP contribution in [0.3, 0.4) is 0 Å². The van der Waals surface area contributed by atoms with Crippen molar-refractivity contribution in [2.24, 2.45) is 0 Å². The second-order valence-corrected chi connectivity index (χ2v) is 6.43. The first-order valence-electron chi connectivity index (χ1n) is 8.46. The van der Waals surface area contributed by atoms with Gasteiger partial charge in [-0.05, 0) is 38.8 Å². The van der Waals surface area contributed by atoms with Crippen LogP contribution in [0.4, 0.5) is 0 Å². The fourth-order valence-corrected chi connectivity index (χ4v) is 3.68.